The molecule has 2 rings (SSSR count). The maximum absolute atomic E-state index is 9.56. The normalized spacial score (nSPS) is 11.8. The molecule has 0 aliphatic rings. The minimum atomic E-state index is -0.442. The minimum absolute atomic E-state index is 0.442. The molecule has 0 aliphatic heterocycles. The Morgan fingerprint density at radius 2 is 2.00 bits per heavy atom. The van der Waals surface area contributed by atoms with Crippen molar-refractivity contribution in [3.63, 3.8) is 0 Å². The molecule has 0 aliphatic carbocycles. The van der Waals surface area contributed by atoms with E-state index >= 15 is 0 Å². The number of hydrogen-bond donors (Lipinski definition) is 1. The van der Waals surface area contributed by atoms with E-state index in [9.17, 15) is 5.11 Å². The first kappa shape index (κ1) is 13.7. The number of aliphatic hydroxyl groups is 1. The lowest BCUT2D eigenvalue weighted by molar-refractivity contribution is 0.199. The summed E-state index contributed by atoms with van der Waals surface area (Å²) in [5, 5.41) is 18.4. The number of benzene rings is 2. The van der Waals surface area contributed by atoms with Crippen molar-refractivity contribution in [2.45, 2.75) is 23.7 Å². The van der Waals surface area contributed by atoms with Gasteiger partial charge in [-0.15, -0.1) is 11.8 Å². The third kappa shape index (κ3) is 3.85. The molecule has 0 radical (unpaired) electrons. The van der Waals surface area contributed by atoms with E-state index < -0.39 is 6.10 Å². The average molecular weight is 269 g/mol. The van der Waals surface area contributed by atoms with Crippen LogP contribution in [0, 0.1) is 11.3 Å². The highest BCUT2D eigenvalue weighted by molar-refractivity contribution is 7.98. The van der Waals surface area contributed by atoms with E-state index in [-0.39, 0.29) is 0 Å². The zero-order valence-electron chi connectivity index (χ0n) is 10.7. The lowest BCUT2D eigenvalue weighted by atomic mass is 10.1. The van der Waals surface area contributed by atoms with Crippen molar-refractivity contribution in [2.75, 3.05) is 0 Å². The number of thioether (sulfide) groups is 1. The van der Waals surface area contributed by atoms with Gasteiger partial charge in [-0.3, -0.25) is 0 Å². The van der Waals surface area contributed by atoms with E-state index in [0.29, 0.717) is 5.56 Å². The first-order chi connectivity index (χ1) is 9.19. The van der Waals surface area contributed by atoms with Crippen molar-refractivity contribution in [1.82, 2.24) is 0 Å². The molecule has 0 bridgehead atoms. The first-order valence-corrected chi connectivity index (χ1v) is 7.07. The Morgan fingerprint density at radius 3 is 2.74 bits per heavy atom. The summed E-state index contributed by atoms with van der Waals surface area (Å²) in [4.78, 5) is 1.13. The largest absolute Gasteiger partial charge is 0.389 e. The maximum atomic E-state index is 9.56. The summed E-state index contributed by atoms with van der Waals surface area (Å²) in [5.74, 6) is 0.818. The summed E-state index contributed by atoms with van der Waals surface area (Å²) in [7, 11) is 0. The van der Waals surface area contributed by atoms with E-state index in [1.165, 1.54) is 0 Å². The van der Waals surface area contributed by atoms with E-state index in [1.807, 2.05) is 48.5 Å². The second kappa shape index (κ2) is 6.42. The maximum Gasteiger partial charge on any atom is 0.0991 e. The Kier molecular flexibility index (Phi) is 4.62. The number of aliphatic hydroxyl groups excluding tert-OH is 1. The highest BCUT2D eigenvalue weighted by atomic mass is 32.2. The topological polar surface area (TPSA) is 44.0 Å². The Morgan fingerprint density at radius 1 is 1.21 bits per heavy atom. The SMILES string of the molecule is CC(O)c1cccc(SCc2cccc(C#N)c2)c1. The molecule has 19 heavy (non-hydrogen) atoms. The predicted molar refractivity (Wildman–Crippen MR) is 77.8 cm³/mol. The van der Waals surface area contributed by atoms with E-state index in [4.69, 9.17) is 5.26 Å². The second-order valence-corrected chi connectivity index (χ2v) is 5.40. The van der Waals surface area contributed by atoms with Gasteiger partial charge in [0.15, 0.2) is 0 Å². The van der Waals surface area contributed by atoms with Crippen LogP contribution in [-0.2, 0) is 5.75 Å². The number of rotatable bonds is 4. The number of hydrogen-bond acceptors (Lipinski definition) is 3. The molecule has 2 aromatic carbocycles. The van der Waals surface area contributed by atoms with Crippen molar-refractivity contribution < 1.29 is 5.11 Å². The Bertz CT molecular complexity index is 602. The average Bonchev–Trinajstić information content (AvgIpc) is 2.45. The molecule has 0 saturated heterocycles. The molecule has 1 N–H and O–H groups in total. The van der Waals surface area contributed by atoms with Crippen molar-refractivity contribution >= 4 is 11.8 Å². The molecule has 0 amide bonds. The van der Waals surface area contributed by atoms with Crippen LogP contribution in [-0.4, -0.2) is 5.11 Å². The van der Waals surface area contributed by atoms with Gasteiger partial charge < -0.3 is 5.11 Å². The van der Waals surface area contributed by atoms with Crippen LogP contribution in [0.15, 0.2) is 53.4 Å². The van der Waals surface area contributed by atoms with Gasteiger partial charge in [-0.2, -0.15) is 5.26 Å². The fourth-order valence-corrected chi connectivity index (χ4v) is 2.67. The molecule has 1 atom stereocenters. The highest BCUT2D eigenvalue weighted by Gasteiger charge is 2.03. The molecule has 0 aromatic heterocycles. The fourth-order valence-electron chi connectivity index (χ4n) is 1.76. The highest BCUT2D eigenvalue weighted by Crippen LogP contribution is 2.25. The molecular formula is C16H15NOS. The Hall–Kier alpha value is -1.76. The zero-order chi connectivity index (χ0) is 13.7. The van der Waals surface area contributed by atoms with Crippen molar-refractivity contribution in [3.8, 4) is 6.07 Å². The standard InChI is InChI=1S/C16H15NOS/c1-12(18)15-6-3-7-16(9-15)19-11-14-5-2-4-13(8-14)10-17/h2-9,12,18H,11H2,1H3. The third-order valence-electron chi connectivity index (χ3n) is 2.80. The zero-order valence-corrected chi connectivity index (χ0v) is 11.5. The molecule has 0 saturated carbocycles. The van der Waals surface area contributed by atoms with Gasteiger partial charge in [0.2, 0.25) is 0 Å². The molecule has 1 unspecified atom stereocenters. The van der Waals surface area contributed by atoms with Crippen molar-refractivity contribution in [2.24, 2.45) is 0 Å². The summed E-state index contributed by atoms with van der Waals surface area (Å²) >= 11 is 1.70. The summed E-state index contributed by atoms with van der Waals surface area (Å²) in [6, 6.07) is 17.7. The van der Waals surface area contributed by atoms with Crippen LogP contribution in [0.3, 0.4) is 0 Å². The predicted octanol–water partition coefficient (Wildman–Crippen LogP) is 3.90. The van der Waals surface area contributed by atoms with Gasteiger partial charge in [0.05, 0.1) is 17.7 Å². The van der Waals surface area contributed by atoms with Gasteiger partial charge in [-0.05, 0) is 42.3 Å². The molecule has 0 heterocycles. The smallest absolute Gasteiger partial charge is 0.0991 e. The van der Waals surface area contributed by atoms with Crippen LogP contribution in [0.5, 0.6) is 0 Å². The lowest BCUT2D eigenvalue weighted by Crippen LogP contribution is -1.90. The number of nitrogens with zero attached hydrogens (tertiary/aromatic N) is 1. The van der Waals surface area contributed by atoms with Gasteiger partial charge in [-0.25, -0.2) is 0 Å². The Labute approximate surface area is 117 Å². The van der Waals surface area contributed by atoms with Gasteiger partial charge >= 0.3 is 0 Å². The van der Waals surface area contributed by atoms with Crippen LogP contribution in [0.1, 0.15) is 29.7 Å². The van der Waals surface area contributed by atoms with Gasteiger partial charge in [0.1, 0.15) is 0 Å². The molecule has 0 fully saturated rings. The quantitative estimate of drug-likeness (QED) is 0.856. The summed E-state index contributed by atoms with van der Waals surface area (Å²) < 4.78 is 0. The van der Waals surface area contributed by atoms with Crippen LogP contribution in [0.2, 0.25) is 0 Å². The van der Waals surface area contributed by atoms with E-state index in [1.54, 1.807) is 18.7 Å². The summed E-state index contributed by atoms with van der Waals surface area (Å²) in [6.07, 6.45) is -0.442. The molecule has 2 nitrogen and oxygen atoms in total. The fraction of sp³-hybridized carbons (Fsp3) is 0.188. The van der Waals surface area contributed by atoms with Crippen LogP contribution < -0.4 is 0 Å². The van der Waals surface area contributed by atoms with Crippen molar-refractivity contribution in [3.05, 3.63) is 65.2 Å². The van der Waals surface area contributed by atoms with Gasteiger partial charge in [0.25, 0.3) is 0 Å². The van der Waals surface area contributed by atoms with Gasteiger partial charge in [-0.1, -0.05) is 24.3 Å². The summed E-state index contributed by atoms with van der Waals surface area (Å²) in [6.45, 7) is 1.76. The van der Waals surface area contributed by atoms with Crippen LogP contribution in [0.4, 0.5) is 0 Å². The monoisotopic (exact) mass is 269 g/mol. The Balaban J connectivity index is 2.06. The molecular weight excluding hydrogens is 254 g/mol. The van der Waals surface area contributed by atoms with Crippen LogP contribution in [0.25, 0.3) is 0 Å². The first-order valence-electron chi connectivity index (χ1n) is 6.09. The molecule has 3 heteroatoms. The lowest BCUT2D eigenvalue weighted by Gasteiger charge is -2.07. The number of nitriles is 1. The van der Waals surface area contributed by atoms with E-state index in [0.717, 1.165) is 21.8 Å². The van der Waals surface area contributed by atoms with E-state index in [2.05, 4.69) is 6.07 Å². The summed E-state index contributed by atoms with van der Waals surface area (Å²) in [5.41, 5.74) is 2.75. The molecule has 96 valence electrons. The second-order valence-electron chi connectivity index (χ2n) is 4.35. The minimum Gasteiger partial charge on any atom is -0.389 e. The molecule has 2 aromatic rings. The van der Waals surface area contributed by atoms with Gasteiger partial charge in [0, 0.05) is 10.6 Å². The third-order valence-corrected chi connectivity index (χ3v) is 3.87. The van der Waals surface area contributed by atoms with Crippen molar-refractivity contribution in [1.29, 1.82) is 5.26 Å². The molecule has 0 spiro atoms. The van der Waals surface area contributed by atoms with Crippen LogP contribution >= 0.6 is 11.8 Å².